The molecule has 1 atom stereocenters. The number of rotatable bonds is 5. The number of fused-ring (bicyclic) bond motifs is 1. The summed E-state index contributed by atoms with van der Waals surface area (Å²) < 4.78 is 0. The van der Waals surface area contributed by atoms with E-state index in [0.717, 1.165) is 35.5 Å². The van der Waals surface area contributed by atoms with Gasteiger partial charge in [0.05, 0.1) is 5.56 Å². The van der Waals surface area contributed by atoms with Gasteiger partial charge in [-0.25, -0.2) is 0 Å². The highest BCUT2D eigenvalue weighted by Gasteiger charge is 2.27. The number of anilines is 1. The van der Waals surface area contributed by atoms with Gasteiger partial charge in [0.25, 0.3) is 11.8 Å². The van der Waals surface area contributed by atoms with Crippen molar-refractivity contribution in [2.24, 2.45) is 11.7 Å². The van der Waals surface area contributed by atoms with Gasteiger partial charge >= 0.3 is 0 Å². The molecule has 0 saturated carbocycles. The Hall–Kier alpha value is -1.79. The van der Waals surface area contributed by atoms with Crippen molar-refractivity contribution in [2.45, 2.75) is 38.0 Å². The summed E-state index contributed by atoms with van der Waals surface area (Å²) in [6, 6.07) is 7.53. The summed E-state index contributed by atoms with van der Waals surface area (Å²) in [5.74, 6) is 0.885. The average molecular weight is 375 g/mol. The van der Waals surface area contributed by atoms with Crippen LogP contribution in [0.1, 0.15) is 51.4 Å². The third-order valence-corrected chi connectivity index (χ3v) is 6.44. The third kappa shape index (κ3) is 3.90. The second-order valence-corrected chi connectivity index (χ2v) is 8.78. The molecule has 1 aliphatic carbocycles. The van der Waals surface area contributed by atoms with Crippen LogP contribution in [-0.4, -0.2) is 17.6 Å². The molecule has 3 rings (SSSR count). The minimum absolute atomic E-state index is 0.201. The molecule has 132 valence electrons. The number of carbonyl (C=O) groups is 2. The second-order valence-electron chi connectivity index (χ2n) is 6.34. The van der Waals surface area contributed by atoms with Gasteiger partial charge in [-0.15, -0.1) is 23.1 Å². The SMILES string of the molecule is CCSc1cccc(C(=O)Nc2sc3c(c2C(N)=O)CC[C@H](C)C3)c1. The van der Waals surface area contributed by atoms with Crippen molar-refractivity contribution in [3.05, 3.63) is 45.8 Å². The van der Waals surface area contributed by atoms with Crippen LogP contribution in [0.5, 0.6) is 0 Å². The van der Waals surface area contributed by atoms with Crippen LogP contribution in [-0.2, 0) is 12.8 Å². The molecule has 2 aromatic rings. The summed E-state index contributed by atoms with van der Waals surface area (Å²) in [5.41, 5.74) is 7.73. The van der Waals surface area contributed by atoms with Crippen LogP contribution in [0.3, 0.4) is 0 Å². The standard InChI is InChI=1S/C19H22N2O2S2/c1-3-24-13-6-4-5-12(10-13)18(23)21-19-16(17(20)22)14-8-7-11(2)9-15(14)25-19/h4-6,10-11H,3,7-9H2,1-2H3,(H2,20,22)(H,21,23)/t11-/m0/s1. The zero-order chi connectivity index (χ0) is 18.0. The van der Waals surface area contributed by atoms with E-state index in [1.807, 2.05) is 18.2 Å². The highest BCUT2D eigenvalue weighted by Crippen LogP contribution is 2.39. The number of nitrogens with two attached hydrogens (primary N) is 1. The second kappa shape index (κ2) is 7.62. The molecule has 1 aliphatic rings. The number of primary amides is 1. The summed E-state index contributed by atoms with van der Waals surface area (Å²) in [4.78, 5) is 26.9. The predicted molar refractivity (Wildman–Crippen MR) is 105 cm³/mol. The first-order valence-corrected chi connectivity index (χ1v) is 10.3. The maximum Gasteiger partial charge on any atom is 0.256 e. The Balaban J connectivity index is 1.88. The van der Waals surface area contributed by atoms with E-state index in [1.165, 1.54) is 16.2 Å². The van der Waals surface area contributed by atoms with Crippen LogP contribution in [0.25, 0.3) is 0 Å². The first kappa shape index (κ1) is 18.0. The molecule has 2 amide bonds. The van der Waals surface area contributed by atoms with Crippen molar-refractivity contribution in [1.29, 1.82) is 0 Å². The van der Waals surface area contributed by atoms with E-state index in [9.17, 15) is 9.59 Å². The van der Waals surface area contributed by atoms with E-state index in [2.05, 4.69) is 19.2 Å². The molecule has 0 bridgehead atoms. The van der Waals surface area contributed by atoms with Crippen molar-refractivity contribution in [3.63, 3.8) is 0 Å². The fraction of sp³-hybridized carbons (Fsp3) is 0.368. The number of thioether (sulfide) groups is 1. The molecule has 0 radical (unpaired) electrons. The Morgan fingerprint density at radius 2 is 2.20 bits per heavy atom. The molecule has 0 spiro atoms. The number of thiophene rings is 1. The average Bonchev–Trinajstić information content (AvgIpc) is 2.92. The Labute approximate surface area is 156 Å². The Kier molecular flexibility index (Phi) is 5.49. The van der Waals surface area contributed by atoms with Gasteiger partial charge in [-0.2, -0.15) is 0 Å². The van der Waals surface area contributed by atoms with Crippen molar-refractivity contribution in [3.8, 4) is 0 Å². The normalized spacial score (nSPS) is 16.3. The van der Waals surface area contributed by atoms with Crippen LogP contribution in [0.2, 0.25) is 0 Å². The Bertz CT molecular complexity index is 814. The van der Waals surface area contributed by atoms with Gasteiger partial charge in [-0.05, 0) is 54.7 Å². The molecule has 0 saturated heterocycles. The molecule has 1 aromatic carbocycles. The van der Waals surface area contributed by atoms with Gasteiger partial charge < -0.3 is 11.1 Å². The van der Waals surface area contributed by atoms with Gasteiger partial charge in [0.1, 0.15) is 5.00 Å². The largest absolute Gasteiger partial charge is 0.365 e. The summed E-state index contributed by atoms with van der Waals surface area (Å²) in [6.07, 6.45) is 2.84. The van der Waals surface area contributed by atoms with Crippen LogP contribution in [0.15, 0.2) is 29.2 Å². The zero-order valence-corrected chi connectivity index (χ0v) is 16.1. The zero-order valence-electron chi connectivity index (χ0n) is 14.4. The fourth-order valence-corrected chi connectivity index (χ4v) is 5.30. The van der Waals surface area contributed by atoms with Crippen molar-refractivity contribution < 1.29 is 9.59 Å². The minimum Gasteiger partial charge on any atom is -0.365 e. The lowest BCUT2D eigenvalue weighted by atomic mass is 9.88. The lowest BCUT2D eigenvalue weighted by Crippen LogP contribution is -2.19. The quantitative estimate of drug-likeness (QED) is 0.765. The number of hydrogen-bond acceptors (Lipinski definition) is 4. The first-order chi connectivity index (χ1) is 12.0. The molecule has 4 nitrogen and oxygen atoms in total. The van der Waals surface area contributed by atoms with Gasteiger partial charge in [0.2, 0.25) is 0 Å². The molecule has 3 N–H and O–H groups in total. The molecular formula is C19H22N2O2S2. The van der Waals surface area contributed by atoms with Crippen LogP contribution >= 0.6 is 23.1 Å². The van der Waals surface area contributed by atoms with E-state index in [0.29, 0.717) is 22.0 Å². The van der Waals surface area contributed by atoms with Crippen molar-refractivity contribution in [2.75, 3.05) is 11.1 Å². The number of amides is 2. The van der Waals surface area contributed by atoms with Crippen LogP contribution in [0.4, 0.5) is 5.00 Å². The maximum atomic E-state index is 12.7. The third-order valence-electron chi connectivity index (χ3n) is 4.39. The highest BCUT2D eigenvalue weighted by atomic mass is 32.2. The molecule has 0 fully saturated rings. The summed E-state index contributed by atoms with van der Waals surface area (Å²) >= 11 is 3.19. The number of nitrogens with one attached hydrogen (secondary N) is 1. The van der Waals surface area contributed by atoms with E-state index < -0.39 is 5.91 Å². The predicted octanol–water partition coefficient (Wildman–Crippen LogP) is 4.34. The monoisotopic (exact) mass is 374 g/mol. The number of benzene rings is 1. The summed E-state index contributed by atoms with van der Waals surface area (Å²) in [6.45, 7) is 4.29. The molecular weight excluding hydrogens is 352 g/mol. The van der Waals surface area contributed by atoms with E-state index in [1.54, 1.807) is 17.8 Å². The molecule has 0 aliphatic heterocycles. The minimum atomic E-state index is -0.461. The molecule has 1 heterocycles. The molecule has 1 aromatic heterocycles. The van der Waals surface area contributed by atoms with E-state index in [4.69, 9.17) is 5.73 Å². The Morgan fingerprint density at radius 3 is 2.92 bits per heavy atom. The van der Waals surface area contributed by atoms with Crippen LogP contribution < -0.4 is 11.1 Å². The summed E-state index contributed by atoms with van der Waals surface area (Å²) in [7, 11) is 0. The Morgan fingerprint density at radius 1 is 1.40 bits per heavy atom. The molecule has 25 heavy (non-hydrogen) atoms. The number of carbonyl (C=O) groups excluding carboxylic acids is 2. The molecule has 6 heteroatoms. The highest BCUT2D eigenvalue weighted by molar-refractivity contribution is 7.99. The van der Waals surface area contributed by atoms with E-state index in [-0.39, 0.29) is 5.91 Å². The number of hydrogen-bond donors (Lipinski definition) is 2. The first-order valence-electron chi connectivity index (χ1n) is 8.48. The van der Waals surface area contributed by atoms with Gasteiger partial charge in [-0.1, -0.05) is 19.9 Å². The van der Waals surface area contributed by atoms with Crippen molar-refractivity contribution in [1.82, 2.24) is 0 Å². The topological polar surface area (TPSA) is 72.2 Å². The van der Waals surface area contributed by atoms with Gasteiger partial charge in [-0.3, -0.25) is 9.59 Å². The van der Waals surface area contributed by atoms with Gasteiger partial charge in [0, 0.05) is 15.3 Å². The smallest absolute Gasteiger partial charge is 0.256 e. The molecule has 0 unspecified atom stereocenters. The fourth-order valence-electron chi connectivity index (χ4n) is 3.17. The lowest BCUT2D eigenvalue weighted by molar-refractivity contribution is 0.1000. The maximum absolute atomic E-state index is 12.7. The lowest BCUT2D eigenvalue weighted by Gasteiger charge is -2.18. The van der Waals surface area contributed by atoms with Gasteiger partial charge in [0.15, 0.2) is 0 Å². The summed E-state index contributed by atoms with van der Waals surface area (Å²) in [5, 5.41) is 3.51. The van der Waals surface area contributed by atoms with Crippen LogP contribution in [0, 0.1) is 5.92 Å². The van der Waals surface area contributed by atoms with Crippen molar-refractivity contribution >= 4 is 39.9 Å². The van der Waals surface area contributed by atoms with E-state index >= 15 is 0 Å².